The van der Waals surface area contributed by atoms with Gasteiger partial charge < -0.3 is 14.8 Å². The van der Waals surface area contributed by atoms with Crippen LogP contribution in [0.25, 0.3) is 0 Å². The Labute approximate surface area is 112 Å². The Morgan fingerprint density at radius 3 is 2.78 bits per heavy atom. The molecule has 106 valence electrons. The minimum Gasteiger partial charge on any atom is -0.383 e. The van der Waals surface area contributed by atoms with Crippen LogP contribution in [0, 0.1) is 5.41 Å². The van der Waals surface area contributed by atoms with Gasteiger partial charge in [0.05, 0.1) is 12.7 Å². The van der Waals surface area contributed by atoms with E-state index in [0.29, 0.717) is 11.5 Å². The van der Waals surface area contributed by atoms with Gasteiger partial charge in [0.25, 0.3) is 0 Å². The number of ether oxygens (including phenoxy) is 2. The van der Waals surface area contributed by atoms with Gasteiger partial charge in [-0.15, -0.1) is 0 Å². The first-order valence-corrected chi connectivity index (χ1v) is 7.66. The van der Waals surface area contributed by atoms with Gasteiger partial charge in [0.15, 0.2) is 0 Å². The molecule has 3 heteroatoms. The number of hydrogen-bond acceptors (Lipinski definition) is 3. The average molecular weight is 255 g/mol. The first kappa shape index (κ1) is 14.3. The number of rotatable bonds is 8. The Bertz CT molecular complexity index is 221. The monoisotopic (exact) mass is 255 g/mol. The van der Waals surface area contributed by atoms with Crippen molar-refractivity contribution in [1.29, 1.82) is 0 Å². The SMILES string of the molecule is COCCNCC1(CCC2CCCO2)CCCC1. The Balaban J connectivity index is 1.71. The maximum absolute atomic E-state index is 5.76. The van der Waals surface area contributed by atoms with E-state index in [1.54, 1.807) is 7.11 Å². The fourth-order valence-corrected chi connectivity index (χ4v) is 3.51. The van der Waals surface area contributed by atoms with Crippen LogP contribution in [0.4, 0.5) is 0 Å². The van der Waals surface area contributed by atoms with E-state index in [1.807, 2.05) is 0 Å². The van der Waals surface area contributed by atoms with Crippen molar-refractivity contribution in [3.8, 4) is 0 Å². The van der Waals surface area contributed by atoms with Gasteiger partial charge in [-0.05, 0) is 43.9 Å². The van der Waals surface area contributed by atoms with Gasteiger partial charge >= 0.3 is 0 Å². The second kappa shape index (κ2) is 7.46. The van der Waals surface area contributed by atoms with Crippen molar-refractivity contribution >= 4 is 0 Å². The topological polar surface area (TPSA) is 30.5 Å². The standard InChI is InChI=1S/C15H29NO2/c1-17-12-10-16-13-15(7-2-3-8-15)9-6-14-5-4-11-18-14/h14,16H,2-13H2,1H3. The number of nitrogens with one attached hydrogen (secondary N) is 1. The van der Waals surface area contributed by atoms with Gasteiger partial charge in [-0.2, -0.15) is 0 Å². The summed E-state index contributed by atoms with van der Waals surface area (Å²) >= 11 is 0. The molecule has 18 heavy (non-hydrogen) atoms. The molecule has 1 saturated heterocycles. The highest BCUT2D eigenvalue weighted by Crippen LogP contribution is 2.42. The molecule has 1 heterocycles. The van der Waals surface area contributed by atoms with Crippen molar-refractivity contribution in [3.05, 3.63) is 0 Å². The van der Waals surface area contributed by atoms with Crippen LogP contribution < -0.4 is 5.32 Å². The van der Waals surface area contributed by atoms with E-state index in [2.05, 4.69) is 5.32 Å². The summed E-state index contributed by atoms with van der Waals surface area (Å²) in [4.78, 5) is 0. The summed E-state index contributed by atoms with van der Waals surface area (Å²) in [5.74, 6) is 0. The van der Waals surface area contributed by atoms with Crippen molar-refractivity contribution in [2.75, 3.05) is 33.4 Å². The van der Waals surface area contributed by atoms with Crippen molar-refractivity contribution in [2.24, 2.45) is 5.41 Å². The third kappa shape index (κ3) is 4.22. The molecule has 1 aliphatic carbocycles. The third-order valence-corrected chi connectivity index (χ3v) is 4.67. The molecule has 1 atom stereocenters. The highest BCUT2D eigenvalue weighted by atomic mass is 16.5. The Morgan fingerprint density at radius 2 is 2.11 bits per heavy atom. The molecule has 1 N–H and O–H groups in total. The summed E-state index contributed by atoms with van der Waals surface area (Å²) in [5.41, 5.74) is 0.555. The molecule has 2 rings (SSSR count). The fraction of sp³-hybridized carbons (Fsp3) is 1.00. The third-order valence-electron chi connectivity index (χ3n) is 4.67. The molecule has 0 spiro atoms. The van der Waals surface area contributed by atoms with Crippen LogP contribution in [0.5, 0.6) is 0 Å². The molecule has 0 amide bonds. The minimum atomic E-state index is 0.555. The molecule has 2 aliphatic rings. The van der Waals surface area contributed by atoms with Crippen LogP contribution in [0.3, 0.4) is 0 Å². The highest BCUT2D eigenvalue weighted by molar-refractivity contribution is 4.87. The van der Waals surface area contributed by atoms with Gasteiger partial charge in [-0.1, -0.05) is 12.8 Å². The quantitative estimate of drug-likeness (QED) is 0.677. The van der Waals surface area contributed by atoms with E-state index in [0.717, 1.165) is 19.8 Å². The first-order chi connectivity index (χ1) is 8.85. The van der Waals surface area contributed by atoms with Gasteiger partial charge in [0.2, 0.25) is 0 Å². The van der Waals surface area contributed by atoms with Crippen LogP contribution in [0.2, 0.25) is 0 Å². The molecule has 0 aromatic carbocycles. The van der Waals surface area contributed by atoms with E-state index >= 15 is 0 Å². The summed E-state index contributed by atoms with van der Waals surface area (Å²) in [6, 6.07) is 0. The molecule has 3 nitrogen and oxygen atoms in total. The molecular weight excluding hydrogens is 226 g/mol. The zero-order valence-electron chi connectivity index (χ0n) is 11.9. The highest BCUT2D eigenvalue weighted by Gasteiger charge is 2.34. The zero-order chi connectivity index (χ0) is 12.7. The normalized spacial score (nSPS) is 26.8. The summed E-state index contributed by atoms with van der Waals surface area (Å²) in [7, 11) is 1.77. The average Bonchev–Trinajstić information content (AvgIpc) is 3.04. The largest absolute Gasteiger partial charge is 0.383 e. The smallest absolute Gasteiger partial charge is 0.0587 e. The van der Waals surface area contributed by atoms with Crippen LogP contribution >= 0.6 is 0 Å². The number of methoxy groups -OCH3 is 1. The summed E-state index contributed by atoms with van der Waals surface area (Å²) in [6.45, 7) is 3.97. The van der Waals surface area contributed by atoms with E-state index in [9.17, 15) is 0 Å². The molecule has 1 unspecified atom stereocenters. The zero-order valence-corrected chi connectivity index (χ0v) is 11.9. The van der Waals surface area contributed by atoms with Crippen LogP contribution in [-0.4, -0.2) is 39.5 Å². The second-order valence-electron chi connectivity index (χ2n) is 6.05. The summed E-state index contributed by atoms with van der Waals surface area (Å²) in [5, 5.41) is 3.58. The van der Waals surface area contributed by atoms with Crippen molar-refractivity contribution in [1.82, 2.24) is 5.32 Å². The first-order valence-electron chi connectivity index (χ1n) is 7.66. The maximum atomic E-state index is 5.76. The Hall–Kier alpha value is -0.120. The van der Waals surface area contributed by atoms with Crippen molar-refractivity contribution in [3.63, 3.8) is 0 Å². The lowest BCUT2D eigenvalue weighted by Gasteiger charge is -2.30. The van der Waals surface area contributed by atoms with Gasteiger partial charge in [0.1, 0.15) is 0 Å². The predicted molar refractivity (Wildman–Crippen MR) is 73.9 cm³/mol. The van der Waals surface area contributed by atoms with Gasteiger partial charge in [0, 0.05) is 26.8 Å². The van der Waals surface area contributed by atoms with E-state index in [-0.39, 0.29) is 0 Å². The molecule has 0 aromatic rings. The van der Waals surface area contributed by atoms with Gasteiger partial charge in [-0.3, -0.25) is 0 Å². The van der Waals surface area contributed by atoms with Crippen LogP contribution in [0.1, 0.15) is 51.4 Å². The fourth-order valence-electron chi connectivity index (χ4n) is 3.51. The van der Waals surface area contributed by atoms with E-state index in [4.69, 9.17) is 9.47 Å². The van der Waals surface area contributed by atoms with Crippen LogP contribution in [-0.2, 0) is 9.47 Å². The molecule has 1 aliphatic heterocycles. The second-order valence-corrected chi connectivity index (χ2v) is 6.05. The Kier molecular flexibility index (Phi) is 5.93. The summed E-state index contributed by atoms with van der Waals surface area (Å²) in [6.07, 6.45) is 11.4. The van der Waals surface area contributed by atoms with Gasteiger partial charge in [-0.25, -0.2) is 0 Å². The molecular formula is C15H29NO2. The predicted octanol–water partition coefficient (Wildman–Crippen LogP) is 2.74. The molecule has 1 saturated carbocycles. The molecule has 0 aromatic heterocycles. The van der Waals surface area contributed by atoms with Crippen molar-refractivity contribution < 1.29 is 9.47 Å². The van der Waals surface area contributed by atoms with Crippen LogP contribution in [0.15, 0.2) is 0 Å². The lowest BCUT2D eigenvalue weighted by atomic mass is 9.80. The number of hydrogen-bond donors (Lipinski definition) is 1. The summed E-state index contributed by atoms with van der Waals surface area (Å²) < 4.78 is 10.9. The lowest BCUT2D eigenvalue weighted by Crippen LogP contribution is -2.34. The molecule has 2 fully saturated rings. The van der Waals surface area contributed by atoms with Crippen molar-refractivity contribution in [2.45, 2.75) is 57.5 Å². The molecule has 0 radical (unpaired) electrons. The minimum absolute atomic E-state index is 0.555. The lowest BCUT2D eigenvalue weighted by molar-refractivity contribution is 0.0868. The molecule has 0 bridgehead atoms. The van der Waals surface area contributed by atoms with E-state index < -0.39 is 0 Å². The van der Waals surface area contributed by atoms with E-state index in [1.165, 1.54) is 57.9 Å². The Morgan fingerprint density at radius 1 is 1.28 bits per heavy atom. The maximum Gasteiger partial charge on any atom is 0.0587 e.